The number of esters is 1. The Balaban J connectivity index is 2.19. The number of rotatable bonds is 25. The van der Waals surface area contributed by atoms with Crippen molar-refractivity contribution in [3.63, 3.8) is 0 Å². The van der Waals surface area contributed by atoms with E-state index >= 15 is 0 Å². The molecular weight excluding hydrogens is 753 g/mol. The average molecular weight is 805 g/mol. The van der Waals surface area contributed by atoms with Crippen molar-refractivity contribution in [1.29, 1.82) is 0 Å². The summed E-state index contributed by atoms with van der Waals surface area (Å²) in [5.74, 6) is -29.5. The first-order valence-corrected chi connectivity index (χ1v) is 18.6. The molecule has 0 aliphatic rings. The Labute approximate surface area is 315 Å². The van der Waals surface area contributed by atoms with Crippen molar-refractivity contribution in [3.05, 3.63) is 71.8 Å². The van der Waals surface area contributed by atoms with E-state index < -0.39 is 79.5 Å². The highest BCUT2D eigenvalue weighted by molar-refractivity contribution is 5.79. The van der Waals surface area contributed by atoms with Crippen LogP contribution in [0.15, 0.2) is 60.7 Å². The molecule has 1 N–H and O–H groups in total. The van der Waals surface area contributed by atoms with Crippen LogP contribution in [0.1, 0.15) is 114 Å². The lowest BCUT2D eigenvalue weighted by molar-refractivity contribution is -0.375. The van der Waals surface area contributed by atoms with Crippen LogP contribution in [0.4, 0.5) is 48.3 Å². The average Bonchev–Trinajstić information content (AvgIpc) is 3.12. The number of aliphatic carboxylic acids is 1. The van der Waals surface area contributed by atoms with Crippen molar-refractivity contribution in [2.75, 3.05) is 6.61 Å². The molecule has 2 aromatic carbocycles. The van der Waals surface area contributed by atoms with E-state index in [9.17, 15) is 63.0 Å². The summed E-state index contributed by atoms with van der Waals surface area (Å²) >= 11 is 0. The number of carboxylic acid groups (broad SMARTS) is 1. The predicted molar refractivity (Wildman–Crippen MR) is 186 cm³/mol. The van der Waals surface area contributed by atoms with Gasteiger partial charge in [-0.1, -0.05) is 107 Å². The number of benzene rings is 2. The van der Waals surface area contributed by atoms with Gasteiger partial charge >= 0.3 is 42.3 Å². The van der Waals surface area contributed by atoms with Gasteiger partial charge in [-0.25, -0.2) is 8.78 Å². The topological polar surface area (TPSA) is 63.6 Å². The van der Waals surface area contributed by atoms with Gasteiger partial charge in [0, 0.05) is 0 Å². The van der Waals surface area contributed by atoms with E-state index in [4.69, 9.17) is 0 Å². The maximum Gasteiger partial charge on any atom is 0.397 e. The molecule has 0 aliphatic heterocycles. The van der Waals surface area contributed by atoms with Crippen LogP contribution in [0.2, 0.25) is 0 Å². The largest absolute Gasteiger partial charge is 0.481 e. The van der Waals surface area contributed by atoms with Crippen molar-refractivity contribution >= 4 is 11.9 Å². The van der Waals surface area contributed by atoms with E-state index in [2.05, 4.69) is 30.7 Å². The second-order valence-corrected chi connectivity index (χ2v) is 14.3. The Morgan fingerprint density at radius 3 is 1.71 bits per heavy atom. The fourth-order valence-corrected chi connectivity index (χ4v) is 7.12. The van der Waals surface area contributed by atoms with Gasteiger partial charge in [-0.05, 0) is 73.3 Å². The van der Waals surface area contributed by atoms with Gasteiger partial charge in [-0.15, -0.1) is 0 Å². The maximum absolute atomic E-state index is 14.3. The molecule has 0 spiro atoms. The summed E-state index contributed by atoms with van der Waals surface area (Å²) in [7, 11) is 0. The van der Waals surface area contributed by atoms with Gasteiger partial charge in [0.2, 0.25) is 0 Å². The molecular formula is C40H51F11O4. The van der Waals surface area contributed by atoms with Crippen molar-refractivity contribution in [3.8, 4) is 0 Å². The highest BCUT2D eigenvalue weighted by Gasteiger charge is 2.80. The van der Waals surface area contributed by atoms with Gasteiger partial charge in [0.1, 0.15) is 5.92 Å². The minimum atomic E-state index is -7.13. The molecule has 0 heterocycles. The number of hydrogen-bond acceptors (Lipinski definition) is 3. The van der Waals surface area contributed by atoms with Crippen LogP contribution in [0.25, 0.3) is 0 Å². The van der Waals surface area contributed by atoms with Crippen molar-refractivity contribution in [2.24, 2.45) is 23.7 Å². The van der Waals surface area contributed by atoms with Crippen LogP contribution in [-0.4, -0.2) is 54.0 Å². The zero-order valence-corrected chi connectivity index (χ0v) is 31.1. The van der Waals surface area contributed by atoms with Gasteiger partial charge in [-0.3, -0.25) is 9.59 Å². The number of carbonyl (C=O) groups is 2. The van der Waals surface area contributed by atoms with Crippen LogP contribution >= 0.6 is 0 Å². The van der Waals surface area contributed by atoms with E-state index in [-0.39, 0.29) is 5.92 Å². The van der Waals surface area contributed by atoms with Crippen LogP contribution in [0.3, 0.4) is 0 Å². The first-order valence-electron chi connectivity index (χ1n) is 18.6. The molecule has 6 unspecified atom stereocenters. The molecule has 55 heavy (non-hydrogen) atoms. The summed E-state index contributed by atoms with van der Waals surface area (Å²) in [6.45, 7) is 4.51. The maximum atomic E-state index is 14.3. The molecule has 0 saturated carbocycles. The highest BCUT2D eigenvalue weighted by Crippen LogP contribution is 2.55. The molecule has 0 bridgehead atoms. The summed E-state index contributed by atoms with van der Waals surface area (Å²) in [5.41, 5.74) is 2.27. The quantitative estimate of drug-likeness (QED) is 0.0802. The van der Waals surface area contributed by atoms with E-state index in [1.165, 1.54) is 5.56 Å². The van der Waals surface area contributed by atoms with Gasteiger partial charge in [0.25, 0.3) is 0 Å². The molecule has 0 fully saturated rings. The third-order valence-electron chi connectivity index (χ3n) is 10.6. The number of halogens is 11. The fraction of sp³-hybridized carbons (Fsp3) is 0.650. The Morgan fingerprint density at radius 2 is 1.24 bits per heavy atom. The smallest absolute Gasteiger partial charge is 0.397 e. The molecule has 2 rings (SSSR count). The summed E-state index contributed by atoms with van der Waals surface area (Å²) < 4.78 is 153. The number of hydrogen-bond donors (Lipinski definition) is 1. The minimum absolute atomic E-state index is 0.108. The normalized spacial score (nSPS) is 16.3. The second kappa shape index (κ2) is 21.2. The molecule has 0 radical (unpaired) electrons. The summed E-state index contributed by atoms with van der Waals surface area (Å²) in [4.78, 5) is 25.3. The lowest BCUT2D eigenvalue weighted by Gasteiger charge is -2.37. The minimum Gasteiger partial charge on any atom is -0.481 e. The van der Waals surface area contributed by atoms with Crippen LogP contribution in [0, 0.1) is 23.7 Å². The number of alkyl halides is 11. The first-order chi connectivity index (χ1) is 25.6. The standard InChI is InChI=1S/C40H51F11O4/c1-4-27(24-28(5-2)30-18-10-7-11-19-30)15-13-21-31(20-12-14-26(3)29-16-8-6-9-17-29)32(35(53)54)25-34(52)55-23-22-33(39(47,48)49)37(43,44)40(50,51)38(45,46)36(41)42/h6-11,16-19,26-28,31-33,36H,4-5,12-15,20-25H2,1-3H3,(H,53,54). The predicted octanol–water partition coefficient (Wildman–Crippen LogP) is 12.7. The van der Waals surface area contributed by atoms with E-state index in [0.29, 0.717) is 43.9 Å². The third-order valence-corrected chi connectivity index (χ3v) is 10.6. The lowest BCUT2D eigenvalue weighted by atomic mass is 9.79. The van der Waals surface area contributed by atoms with Crippen LogP contribution < -0.4 is 0 Å². The Hall–Kier alpha value is -3.39. The van der Waals surface area contributed by atoms with Gasteiger partial charge in [-0.2, -0.15) is 39.5 Å². The fourth-order valence-electron chi connectivity index (χ4n) is 7.12. The molecule has 0 saturated heterocycles. The van der Waals surface area contributed by atoms with Crippen molar-refractivity contribution < 1.29 is 67.7 Å². The Morgan fingerprint density at radius 1 is 0.709 bits per heavy atom. The molecule has 2 aromatic rings. The van der Waals surface area contributed by atoms with Crippen molar-refractivity contribution in [2.45, 2.75) is 134 Å². The second-order valence-electron chi connectivity index (χ2n) is 14.3. The van der Waals surface area contributed by atoms with E-state index in [0.717, 1.165) is 31.2 Å². The lowest BCUT2D eigenvalue weighted by Crippen LogP contribution is -2.62. The molecule has 6 atom stereocenters. The van der Waals surface area contributed by atoms with E-state index in [1.807, 2.05) is 55.5 Å². The number of ether oxygens (including phenoxy) is 1. The van der Waals surface area contributed by atoms with Crippen molar-refractivity contribution in [1.82, 2.24) is 0 Å². The molecule has 0 aromatic heterocycles. The molecule has 0 amide bonds. The van der Waals surface area contributed by atoms with E-state index in [1.54, 1.807) is 0 Å². The Kier molecular flexibility index (Phi) is 18.4. The third kappa shape index (κ3) is 13.4. The van der Waals surface area contributed by atoms with Gasteiger partial charge < -0.3 is 9.84 Å². The van der Waals surface area contributed by atoms with Crippen LogP contribution in [-0.2, 0) is 14.3 Å². The van der Waals surface area contributed by atoms with Gasteiger partial charge in [0.05, 0.1) is 18.9 Å². The summed E-state index contributed by atoms with van der Waals surface area (Å²) in [6.07, 6.45) is -8.90. The van der Waals surface area contributed by atoms with Crippen LogP contribution in [0.5, 0.6) is 0 Å². The molecule has 15 heteroatoms. The first kappa shape index (κ1) is 47.8. The SMILES string of the molecule is CCC(CCCC(CCCC(C)c1ccccc1)C(CC(=O)OCCC(C(F)(F)F)C(F)(F)C(F)(F)C(F)(F)C(F)F)C(=O)O)CC(CC)c1ccccc1. The molecule has 0 aliphatic carbocycles. The van der Waals surface area contributed by atoms with Gasteiger partial charge in [0.15, 0.2) is 0 Å². The highest BCUT2D eigenvalue weighted by atomic mass is 19.4. The number of carbonyl (C=O) groups excluding carboxylic acids is 1. The monoisotopic (exact) mass is 804 g/mol. The molecule has 4 nitrogen and oxygen atoms in total. The Bertz CT molecular complexity index is 1420. The summed E-state index contributed by atoms with van der Waals surface area (Å²) in [6, 6.07) is 19.6. The zero-order chi connectivity index (χ0) is 41.6. The number of carboxylic acids is 1. The summed E-state index contributed by atoms with van der Waals surface area (Å²) in [5, 5.41) is 10.2. The zero-order valence-electron chi connectivity index (χ0n) is 31.1. The molecule has 312 valence electrons.